The molecule has 0 saturated carbocycles. The summed E-state index contributed by atoms with van der Waals surface area (Å²) in [5.74, 6) is -0.264. The Morgan fingerprint density at radius 3 is 2.58 bits per heavy atom. The first-order valence-corrected chi connectivity index (χ1v) is 8.78. The molecule has 1 unspecified atom stereocenters. The van der Waals surface area contributed by atoms with Crippen LogP contribution in [0.2, 0.25) is 0 Å². The first kappa shape index (κ1) is 18.2. The standard InChI is InChI=1S/C18H22N2O3S/c1-18(23,15-6-3-2-4-7-15)13-20-16(21)8-5-10-19-17(22)14-9-11-24-12-14/h2-4,6-7,9,11-12,23H,5,8,10,13H2,1H3,(H,19,22)(H,20,21). The van der Waals surface area contributed by atoms with Gasteiger partial charge in [0.2, 0.25) is 5.91 Å². The lowest BCUT2D eigenvalue weighted by molar-refractivity contribution is -0.122. The fourth-order valence-corrected chi connectivity index (χ4v) is 2.84. The molecule has 1 atom stereocenters. The van der Waals surface area contributed by atoms with E-state index in [0.29, 0.717) is 24.9 Å². The van der Waals surface area contributed by atoms with Crippen molar-refractivity contribution < 1.29 is 14.7 Å². The molecule has 0 saturated heterocycles. The van der Waals surface area contributed by atoms with Crippen molar-refractivity contribution in [3.8, 4) is 0 Å². The van der Waals surface area contributed by atoms with Crippen LogP contribution < -0.4 is 10.6 Å². The van der Waals surface area contributed by atoms with Crippen molar-refractivity contribution >= 4 is 23.2 Å². The van der Waals surface area contributed by atoms with E-state index in [0.717, 1.165) is 5.56 Å². The van der Waals surface area contributed by atoms with Crippen LogP contribution in [0.25, 0.3) is 0 Å². The van der Waals surface area contributed by atoms with E-state index in [1.807, 2.05) is 35.7 Å². The molecule has 1 aromatic heterocycles. The van der Waals surface area contributed by atoms with E-state index in [1.165, 1.54) is 11.3 Å². The van der Waals surface area contributed by atoms with Gasteiger partial charge >= 0.3 is 0 Å². The quantitative estimate of drug-likeness (QED) is 0.642. The summed E-state index contributed by atoms with van der Waals surface area (Å²) in [5, 5.41) is 19.6. The van der Waals surface area contributed by atoms with Gasteiger partial charge < -0.3 is 15.7 Å². The highest BCUT2D eigenvalue weighted by Crippen LogP contribution is 2.18. The zero-order chi connectivity index (χ0) is 17.4. The summed E-state index contributed by atoms with van der Waals surface area (Å²) in [6, 6.07) is 11.0. The Kier molecular flexibility index (Phi) is 6.52. The number of benzene rings is 1. The normalized spacial score (nSPS) is 13.1. The summed E-state index contributed by atoms with van der Waals surface area (Å²) < 4.78 is 0. The summed E-state index contributed by atoms with van der Waals surface area (Å²) in [6.45, 7) is 2.26. The number of aliphatic hydroxyl groups is 1. The van der Waals surface area contributed by atoms with E-state index < -0.39 is 5.60 Å². The summed E-state index contributed by atoms with van der Waals surface area (Å²) >= 11 is 1.47. The molecule has 1 aromatic carbocycles. The lowest BCUT2D eigenvalue weighted by Crippen LogP contribution is -2.38. The largest absolute Gasteiger partial charge is 0.384 e. The molecule has 0 bridgehead atoms. The van der Waals surface area contributed by atoms with Gasteiger partial charge in [0.25, 0.3) is 5.91 Å². The average molecular weight is 346 g/mol. The second-order valence-corrected chi connectivity index (χ2v) is 6.57. The van der Waals surface area contributed by atoms with Crippen LogP contribution >= 0.6 is 11.3 Å². The molecule has 6 heteroatoms. The molecule has 0 aliphatic carbocycles. The molecule has 0 aliphatic rings. The Balaban J connectivity index is 1.66. The smallest absolute Gasteiger partial charge is 0.252 e. The van der Waals surface area contributed by atoms with Crippen LogP contribution in [0.5, 0.6) is 0 Å². The van der Waals surface area contributed by atoms with E-state index in [9.17, 15) is 14.7 Å². The molecule has 24 heavy (non-hydrogen) atoms. The lowest BCUT2D eigenvalue weighted by atomic mass is 9.96. The van der Waals surface area contributed by atoms with Crippen molar-refractivity contribution in [3.63, 3.8) is 0 Å². The minimum absolute atomic E-state index is 0.122. The van der Waals surface area contributed by atoms with E-state index in [-0.39, 0.29) is 18.4 Å². The minimum Gasteiger partial charge on any atom is -0.384 e. The zero-order valence-corrected chi connectivity index (χ0v) is 14.4. The molecule has 3 N–H and O–H groups in total. The molecule has 128 valence electrons. The maximum atomic E-state index is 11.9. The van der Waals surface area contributed by atoms with Gasteiger partial charge in [-0.25, -0.2) is 0 Å². The summed E-state index contributed by atoms with van der Waals surface area (Å²) in [6.07, 6.45) is 0.851. The van der Waals surface area contributed by atoms with Crippen LogP contribution in [0.1, 0.15) is 35.7 Å². The highest BCUT2D eigenvalue weighted by atomic mass is 32.1. The zero-order valence-electron chi connectivity index (χ0n) is 13.6. The Morgan fingerprint density at radius 1 is 1.17 bits per heavy atom. The molecule has 0 fully saturated rings. The number of hydrogen-bond donors (Lipinski definition) is 3. The molecule has 2 amide bonds. The van der Waals surface area contributed by atoms with Gasteiger partial charge in [-0.1, -0.05) is 30.3 Å². The molecule has 0 spiro atoms. The molecule has 2 rings (SSSR count). The first-order chi connectivity index (χ1) is 11.5. The summed E-state index contributed by atoms with van der Waals surface area (Å²) in [7, 11) is 0. The van der Waals surface area contributed by atoms with Crippen LogP contribution in [0, 0.1) is 0 Å². The Bertz CT molecular complexity index is 654. The van der Waals surface area contributed by atoms with Crippen LogP contribution in [-0.2, 0) is 10.4 Å². The van der Waals surface area contributed by atoms with E-state index >= 15 is 0 Å². The highest BCUT2D eigenvalue weighted by molar-refractivity contribution is 7.08. The Labute approximate surface area is 145 Å². The van der Waals surface area contributed by atoms with Gasteiger partial charge in [-0.2, -0.15) is 11.3 Å². The van der Waals surface area contributed by atoms with Gasteiger partial charge in [0, 0.05) is 23.9 Å². The maximum Gasteiger partial charge on any atom is 0.252 e. The fourth-order valence-electron chi connectivity index (χ4n) is 2.20. The molecule has 5 nitrogen and oxygen atoms in total. The monoisotopic (exact) mass is 346 g/mol. The van der Waals surface area contributed by atoms with Crippen LogP contribution in [0.15, 0.2) is 47.2 Å². The number of carbonyl (C=O) groups excluding carboxylic acids is 2. The van der Waals surface area contributed by atoms with Crippen LogP contribution in [-0.4, -0.2) is 30.0 Å². The molecule has 0 aliphatic heterocycles. The molecular weight excluding hydrogens is 324 g/mol. The predicted octanol–water partition coefficient (Wildman–Crippen LogP) is 2.28. The Hall–Kier alpha value is -2.18. The summed E-state index contributed by atoms with van der Waals surface area (Å²) in [5.41, 5.74) is 0.293. The van der Waals surface area contributed by atoms with Gasteiger partial charge in [-0.05, 0) is 30.4 Å². The van der Waals surface area contributed by atoms with E-state index in [4.69, 9.17) is 0 Å². The second-order valence-electron chi connectivity index (χ2n) is 5.79. The van der Waals surface area contributed by atoms with Gasteiger partial charge in [0.05, 0.1) is 6.54 Å². The number of thiophene rings is 1. The third-order valence-corrected chi connectivity index (χ3v) is 4.36. The number of amides is 2. The Morgan fingerprint density at radius 2 is 1.92 bits per heavy atom. The summed E-state index contributed by atoms with van der Waals surface area (Å²) in [4.78, 5) is 23.6. The third-order valence-electron chi connectivity index (χ3n) is 3.68. The van der Waals surface area contributed by atoms with Crippen LogP contribution in [0.4, 0.5) is 0 Å². The van der Waals surface area contributed by atoms with Crippen molar-refractivity contribution in [3.05, 3.63) is 58.3 Å². The minimum atomic E-state index is -1.11. The SMILES string of the molecule is CC(O)(CNC(=O)CCCNC(=O)c1ccsc1)c1ccccc1. The van der Waals surface area contributed by atoms with Crippen molar-refractivity contribution in [1.82, 2.24) is 10.6 Å². The van der Waals surface area contributed by atoms with Crippen molar-refractivity contribution in [2.75, 3.05) is 13.1 Å². The average Bonchev–Trinajstić information content (AvgIpc) is 3.12. The van der Waals surface area contributed by atoms with Crippen molar-refractivity contribution in [1.29, 1.82) is 0 Å². The third kappa shape index (κ3) is 5.47. The lowest BCUT2D eigenvalue weighted by Gasteiger charge is -2.24. The van der Waals surface area contributed by atoms with E-state index in [2.05, 4.69) is 10.6 Å². The second kappa shape index (κ2) is 8.61. The van der Waals surface area contributed by atoms with Gasteiger partial charge in [0.1, 0.15) is 5.60 Å². The number of rotatable bonds is 8. The van der Waals surface area contributed by atoms with Crippen molar-refractivity contribution in [2.24, 2.45) is 0 Å². The number of nitrogens with one attached hydrogen (secondary N) is 2. The highest BCUT2D eigenvalue weighted by Gasteiger charge is 2.23. The number of carbonyl (C=O) groups is 2. The fraction of sp³-hybridized carbons (Fsp3) is 0.333. The van der Waals surface area contributed by atoms with E-state index in [1.54, 1.807) is 18.4 Å². The molecule has 0 radical (unpaired) electrons. The predicted molar refractivity (Wildman–Crippen MR) is 94.9 cm³/mol. The topological polar surface area (TPSA) is 78.4 Å². The number of hydrogen-bond acceptors (Lipinski definition) is 4. The van der Waals surface area contributed by atoms with Gasteiger partial charge in [-0.3, -0.25) is 9.59 Å². The molecule has 1 heterocycles. The van der Waals surface area contributed by atoms with Gasteiger partial charge in [-0.15, -0.1) is 0 Å². The first-order valence-electron chi connectivity index (χ1n) is 7.84. The molecular formula is C18H22N2O3S. The van der Waals surface area contributed by atoms with Gasteiger partial charge in [0.15, 0.2) is 0 Å². The van der Waals surface area contributed by atoms with Crippen molar-refractivity contribution in [2.45, 2.75) is 25.4 Å². The maximum absolute atomic E-state index is 11.9. The molecule has 2 aromatic rings. The van der Waals surface area contributed by atoms with Crippen LogP contribution in [0.3, 0.4) is 0 Å².